The lowest BCUT2D eigenvalue weighted by atomic mass is 9.95. The molecule has 0 saturated carbocycles. The number of aliphatic hydroxyl groups excluding tert-OH is 1. The van der Waals surface area contributed by atoms with Gasteiger partial charge in [0.25, 0.3) is 5.91 Å². The van der Waals surface area contributed by atoms with E-state index in [1.54, 1.807) is 23.5 Å². The second-order valence-corrected chi connectivity index (χ2v) is 6.47. The molecule has 0 radical (unpaired) electrons. The quantitative estimate of drug-likeness (QED) is 0.909. The summed E-state index contributed by atoms with van der Waals surface area (Å²) in [6.07, 6.45) is 3.24. The number of aryl methyl sites for hydroxylation is 1. The van der Waals surface area contributed by atoms with Crippen molar-refractivity contribution in [1.82, 2.24) is 5.32 Å². The van der Waals surface area contributed by atoms with Crippen molar-refractivity contribution in [2.75, 3.05) is 6.54 Å². The number of carbonyl (C=O) groups is 1. The van der Waals surface area contributed by atoms with Crippen LogP contribution < -0.4 is 5.32 Å². The lowest BCUT2D eigenvalue weighted by Crippen LogP contribution is -2.29. The highest BCUT2D eigenvalue weighted by Crippen LogP contribution is 2.30. The molecule has 5 heteroatoms. The first-order chi connectivity index (χ1) is 10.7. The van der Waals surface area contributed by atoms with Crippen molar-refractivity contribution in [3.63, 3.8) is 0 Å². The number of hydrogen-bond donors (Lipinski definition) is 2. The van der Waals surface area contributed by atoms with Crippen LogP contribution >= 0.6 is 11.3 Å². The Balaban J connectivity index is 1.65. The molecule has 3 nitrogen and oxygen atoms in total. The molecule has 22 heavy (non-hydrogen) atoms. The molecular formula is C17H18FNO2S. The summed E-state index contributed by atoms with van der Waals surface area (Å²) in [6, 6.07) is 6.06. The van der Waals surface area contributed by atoms with Gasteiger partial charge in [0.2, 0.25) is 0 Å². The van der Waals surface area contributed by atoms with Crippen LogP contribution in [-0.4, -0.2) is 17.6 Å². The summed E-state index contributed by atoms with van der Waals surface area (Å²) in [5.74, 6) is -0.646. The van der Waals surface area contributed by atoms with Crippen molar-refractivity contribution in [1.29, 1.82) is 0 Å². The molecule has 1 aliphatic carbocycles. The molecule has 2 aromatic rings. The van der Waals surface area contributed by atoms with Crippen LogP contribution in [-0.2, 0) is 12.8 Å². The van der Waals surface area contributed by atoms with Gasteiger partial charge in [-0.1, -0.05) is 18.2 Å². The number of halogens is 1. The normalized spacial score (nSPS) is 15.2. The molecule has 1 heterocycles. The molecular weight excluding hydrogens is 301 g/mol. The zero-order valence-corrected chi connectivity index (χ0v) is 13.0. The lowest BCUT2D eigenvalue weighted by molar-refractivity contribution is 0.0913. The van der Waals surface area contributed by atoms with Gasteiger partial charge >= 0.3 is 0 Å². The zero-order valence-electron chi connectivity index (χ0n) is 12.1. The van der Waals surface area contributed by atoms with E-state index in [-0.39, 0.29) is 18.0 Å². The number of thiophene rings is 1. The maximum absolute atomic E-state index is 13.6. The Morgan fingerprint density at radius 2 is 2.09 bits per heavy atom. The predicted octanol–water partition coefficient (Wildman–Crippen LogP) is 3.23. The van der Waals surface area contributed by atoms with Crippen LogP contribution in [0.4, 0.5) is 4.39 Å². The molecule has 1 aromatic heterocycles. The highest BCUT2D eigenvalue weighted by Gasteiger charge is 2.21. The highest BCUT2D eigenvalue weighted by molar-refractivity contribution is 7.10. The Morgan fingerprint density at radius 3 is 2.91 bits per heavy atom. The zero-order chi connectivity index (χ0) is 15.5. The van der Waals surface area contributed by atoms with Crippen LogP contribution in [0.1, 0.15) is 45.3 Å². The largest absolute Gasteiger partial charge is 0.386 e. The van der Waals surface area contributed by atoms with Gasteiger partial charge in [0.1, 0.15) is 5.82 Å². The molecule has 2 N–H and O–H groups in total. The summed E-state index contributed by atoms with van der Waals surface area (Å²) in [6.45, 7) is 0.00435. The summed E-state index contributed by atoms with van der Waals surface area (Å²) < 4.78 is 13.6. The summed E-state index contributed by atoms with van der Waals surface area (Å²) in [4.78, 5) is 13.6. The number of hydrogen-bond acceptors (Lipinski definition) is 3. The van der Waals surface area contributed by atoms with E-state index in [2.05, 4.69) is 5.32 Å². The van der Waals surface area contributed by atoms with Crippen molar-refractivity contribution in [3.05, 3.63) is 57.0 Å². The van der Waals surface area contributed by atoms with Crippen molar-refractivity contribution in [2.45, 2.75) is 31.8 Å². The summed E-state index contributed by atoms with van der Waals surface area (Å²) in [5, 5.41) is 14.6. The molecule has 3 rings (SSSR count). The third-order valence-corrected chi connectivity index (χ3v) is 5.11. The number of amides is 1. The molecule has 0 saturated heterocycles. The van der Waals surface area contributed by atoms with E-state index in [0.29, 0.717) is 5.56 Å². The summed E-state index contributed by atoms with van der Waals surface area (Å²) >= 11 is 1.63. The standard InChI is InChI=1S/C17H18FNO2S/c18-14-7-3-1-6-12(14)15(20)9-19-17(21)13-10-22-16-8-4-2-5-11(13)16/h1,3,6-7,10,15,20H,2,4-5,8-9H2,(H,19,21). The highest BCUT2D eigenvalue weighted by atomic mass is 32.1. The minimum absolute atomic E-state index is 0.00435. The van der Waals surface area contributed by atoms with Crippen molar-refractivity contribution in [2.24, 2.45) is 0 Å². The Hall–Kier alpha value is -1.72. The van der Waals surface area contributed by atoms with E-state index in [9.17, 15) is 14.3 Å². The van der Waals surface area contributed by atoms with Crippen LogP contribution in [0.3, 0.4) is 0 Å². The van der Waals surface area contributed by atoms with E-state index in [1.807, 2.05) is 5.38 Å². The maximum Gasteiger partial charge on any atom is 0.252 e. The van der Waals surface area contributed by atoms with E-state index < -0.39 is 11.9 Å². The minimum Gasteiger partial charge on any atom is -0.386 e. The van der Waals surface area contributed by atoms with Gasteiger partial charge in [-0.3, -0.25) is 4.79 Å². The second kappa shape index (κ2) is 6.58. The van der Waals surface area contributed by atoms with Crippen LogP contribution in [0.15, 0.2) is 29.6 Å². The fourth-order valence-corrected chi connectivity index (χ4v) is 3.95. The van der Waals surface area contributed by atoms with Gasteiger partial charge in [0, 0.05) is 22.4 Å². The Labute approximate surface area is 132 Å². The van der Waals surface area contributed by atoms with Crippen molar-refractivity contribution in [3.8, 4) is 0 Å². The number of nitrogens with one attached hydrogen (secondary N) is 1. The Bertz CT molecular complexity index is 683. The SMILES string of the molecule is O=C(NCC(O)c1ccccc1F)c1csc2c1CCCC2. The Kier molecular flexibility index (Phi) is 4.55. The van der Waals surface area contributed by atoms with Gasteiger partial charge in [-0.15, -0.1) is 11.3 Å². The van der Waals surface area contributed by atoms with Crippen LogP contribution in [0, 0.1) is 5.82 Å². The molecule has 1 atom stereocenters. The molecule has 1 unspecified atom stereocenters. The molecule has 1 aliphatic rings. The predicted molar refractivity (Wildman–Crippen MR) is 84.7 cm³/mol. The van der Waals surface area contributed by atoms with Crippen molar-refractivity contribution >= 4 is 17.2 Å². The van der Waals surface area contributed by atoms with Gasteiger partial charge in [0.05, 0.1) is 11.7 Å². The molecule has 0 fully saturated rings. The number of aliphatic hydroxyl groups is 1. The van der Waals surface area contributed by atoms with E-state index in [4.69, 9.17) is 0 Å². The molecule has 116 valence electrons. The van der Waals surface area contributed by atoms with Gasteiger partial charge in [-0.25, -0.2) is 4.39 Å². The molecule has 1 aromatic carbocycles. The molecule has 0 aliphatic heterocycles. The van der Waals surface area contributed by atoms with Crippen LogP contribution in [0.2, 0.25) is 0 Å². The average molecular weight is 319 g/mol. The minimum atomic E-state index is -1.04. The first kappa shape index (κ1) is 15.2. The van der Waals surface area contributed by atoms with Crippen LogP contribution in [0.5, 0.6) is 0 Å². The Morgan fingerprint density at radius 1 is 1.32 bits per heavy atom. The first-order valence-corrected chi connectivity index (χ1v) is 8.34. The summed E-state index contributed by atoms with van der Waals surface area (Å²) in [5.41, 5.74) is 2.06. The number of rotatable bonds is 4. The molecule has 0 bridgehead atoms. The maximum atomic E-state index is 13.6. The lowest BCUT2D eigenvalue weighted by Gasteiger charge is -2.15. The van der Waals surface area contributed by atoms with E-state index in [1.165, 1.54) is 23.4 Å². The van der Waals surface area contributed by atoms with Crippen molar-refractivity contribution < 1.29 is 14.3 Å². The molecule has 0 spiro atoms. The third kappa shape index (κ3) is 3.05. The molecule has 1 amide bonds. The summed E-state index contributed by atoms with van der Waals surface area (Å²) in [7, 11) is 0. The number of fused-ring (bicyclic) bond motifs is 1. The smallest absolute Gasteiger partial charge is 0.252 e. The average Bonchev–Trinajstić information content (AvgIpc) is 2.97. The topological polar surface area (TPSA) is 49.3 Å². The van der Waals surface area contributed by atoms with E-state index >= 15 is 0 Å². The van der Waals surface area contributed by atoms with Crippen LogP contribution in [0.25, 0.3) is 0 Å². The number of benzene rings is 1. The fraction of sp³-hybridized carbons (Fsp3) is 0.353. The second-order valence-electron chi connectivity index (χ2n) is 5.51. The first-order valence-electron chi connectivity index (χ1n) is 7.46. The number of carbonyl (C=O) groups excluding carboxylic acids is 1. The monoisotopic (exact) mass is 319 g/mol. The van der Waals surface area contributed by atoms with Gasteiger partial charge in [0.15, 0.2) is 0 Å². The van der Waals surface area contributed by atoms with E-state index in [0.717, 1.165) is 24.8 Å². The fourth-order valence-electron chi connectivity index (χ4n) is 2.82. The van der Waals surface area contributed by atoms with Gasteiger partial charge < -0.3 is 10.4 Å². The van der Waals surface area contributed by atoms with Gasteiger partial charge in [-0.05, 0) is 37.3 Å². The van der Waals surface area contributed by atoms with Gasteiger partial charge in [-0.2, -0.15) is 0 Å². The third-order valence-electron chi connectivity index (χ3n) is 4.03.